The zero-order valence-electron chi connectivity index (χ0n) is 14.0. The normalized spacial score (nSPS) is 13.7. The summed E-state index contributed by atoms with van der Waals surface area (Å²) in [6, 6.07) is 18.0. The van der Waals surface area contributed by atoms with Gasteiger partial charge in [-0.25, -0.2) is 0 Å². The second-order valence-corrected chi connectivity index (χ2v) is 6.47. The van der Waals surface area contributed by atoms with Crippen molar-refractivity contribution >= 4 is 22.7 Å². The minimum atomic E-state index is -0.0352. The molecule has 1 amide bonds. The Morgan fingerprint density at radius 3 is 2.44 bits per heavy atom. The van der Waals surface area contributed by atoms with Gasteiger partial charge in [0, 0.05) is 37.5 Å². The van der Waals surface area contributed by atoms with Crippen LogP contribution in [0, 0.1) is 0 Å². The number of hydrogen-bond acceptors (Lipinski definition) is 2. The molecule has 2 heterocycles. The molecule has 25 heavy (non-hydrogen) atoms. The minimum Gasteiger partial charge on any atom is -0.338 e. The molecule has 0 spiro atoms. The molecule has 0 radical (unpaired) electrons. The van der Waals surface area contributed by atoms with E-state index in [0.717, 1.165) is 23.9 Å². The lowest BCUT2D eigenvalue weighted by Gasteiger charge is -2.28. The number of fused-ring (bicyclic) bond motifs is 2. The monoisotopic (exact) mass is 332 g/mol. The van der Waals surface area contributed by atoms with Gasteiger partial charge < -0.3 is 4.90 Å². The van der Waals surface area contributed by atoms with Gasteiger partial charge in [0.1, 0.15) is 0 Å². The fourth-order valence-electron chi connectivity index (χ4n) is 3.50. The quantitative estimate of drug-likeness (QED) is 0.735. The summed E-state index contributed by atoms with van der Waals surface area (Å²) < 4.78 is 1.65. The van der Waals surface area contributed by atoms with Crippen LogP contribution in [0.15, 0.2) is 60.8 Å². The highest BCUT2D eigenvalue weighted by atomic mass is 16.2. The molecule has 0 unspecified atom stereocenters. The van der Waals surface area contributed by atoms with Gasteiger partial charge in [-0.1, -0.05) is 42.5 Å². The van der Waals surface area contributed by atoms with Crippen LogP contribution >= 0.6 is 0 Å². The second kappa shape index (κ2) is 6.55. The van der Waals surface area contributed by atoms with Gasteiger partial charge in [0.05, 0.1) is 5.52 Å². The first kappa shape index (κ1) is 15.6. The molecule has 3 aromatic rings. The molecule has 4 nitrogen and oxygen atoms in total. The number of aromatic nitrogens is 1. The van der Waals surface area contributed by atoms with E-state index in [1.807, 2.05) is 47.4 Å². The number of rotatable bonds is 3. The van der Waals surface area contributed by atoms with Crippen molar-refractivity contribution in [1.82, 2.24) is 9.47 Å². The van der Waals surface area contributed by atoms with Crippen LogP contribution in [0.1, 0.15) is 28.8 Å². The molecule has 0 aliphatic carbocycles. The van der Waals surface area contributed by atoms with E-state index in [0.29, 0.717) is 6.54 Å². The molecule has 0 saturated carbocycles. The van der Waals surface area contributed by atoms with Gasteiger partial charge in [0.25, 0.3) is 0 Å². The van der Waals surface area contributed by atoms with E-state index in [1.165, 1.54) is 11.1 Å². The third-order valence-electron chi connectivity index (χ3n) is 4.90. The van der Waals surface area contributed by atoms with Gasteiger partial charge >= 0.3 is 0 Å². The molecule has 1 aromatic heterocycles. The molecule has 2 aromatic carbocycles. The molecule has 0 bridgehead atoms. The third-order valence-corrected chi connectivity index (χ3v) is 4.90. The van der Waals surface area contributed by atoms with E-state index >= 15 is 0 Å². The summed E-state index contributed by atoms with van der Waals surface area (Å²) >= 11 is 0. The summed E-state index contributed by atoms with van der Waals surface area (Å²) in [7, 11) is 0. The van der Waals surface area contributed by atoms with E-state index < -0.39 is 0 Å². The molecular weight excluding hydrogens is 312 g/mol. The predicted octanol–water partition coefficient (Wildman–Crippen LogP) is 3.65. The number of carbonyl (C=O) groups excluding carboxylic acids is 2. The number of amides is 1. The molecular formula is C21H20N2O2. The van der Waals surface area contributed by atoms with E-state index in [9.17, 15) is 9.59 Å². The topological polar surface area (TPSA) is 42.3 Å². The highest BCUT2D eigenvalue weighted by Crippen LogP contribution is 2.20. The Hall–Kier alpha value is -2.88. The van der Waals surface area contributed by atoms with Crippen molar-refractivity contribution in [3.05, 3.63) is 71.9 Å². The SMILES string of the molecule is O=C(CCC(=O)n1ccc2ccccc21)N1CCc2ccccc2C1. The van der Waals surface area contributed by atoms with E-state index in [4.69, 9.17) is 0 Å². The third kappa shape index (κ3) is 3.07. The van der Waals surface area contributed by atoms with Crippen LogP contribution in [0.5, 0.6) is 0 Å². The molecule has 0 N–H and O–H groups in total. The number of para-hydroxylation sites is 1. The van der Waals surface area contributed by atoms with Gasteiger partial charge in [0.15, 0.2) is 0 Å². The van der Waals surface area contributed by atoms with Crippen LogP contribution in [0.25, 0.3) is 10.9 Å². The molecule has 1 aliphatic rings. The van der Waals surface area contributed by atoms with Crippen molar-refractivity contribution in [3.8, 4) is 0 Å². The van der Waals surface area contributed by atoms with Crippen LogP contribution in [0.2, 0.25) is 0 Å². The maximum Gasteiger partial charge on any atom is 0.231 e. The van der Waals surface area contributed by atoms with Crippen molar-refractivity contribution in [2.24, 2.45) is 0 Å². The number of carbonyl (C=O) groups is 2. The van der Waals surface area contributed by atoms with Gasteiger partial charge in [-0.05, 0) is 29.7 Å². The standard InChI is InChI=1S/C21H20N2O2/c24-20(22-13-11-16-5-1-2-7-18(16)15-22)9-10-21(25)23-14-12-17-6-3-4-8-19(17)23/h1-8,12,14H,9-11,13,15H2. The average Bonchev–Trinajstić information content (AvgIpc) is 3.09. The minimum absolute atomic E-state index is 0.0352. The highest BCUT2D eigenvalue weighted by Gasteiger charge is 2.21. The van der Waals surface area contributed by atoms with Gasteiger partial charge in [0.2, 0.25) is 11.8 Å². The lowest BCUT2D eigenvalue weighted by Crippen LogP contribution is -2.36. The predicted molar refractivity (Wildman–Crippen MR) is 97.4 cm³/mol. The Morgan fingerprint density at radius 1 is 0.840 bits per heavy atom. The molecule has 4 rings (SSSR count). The summed E-state index contributed by atoms with van der Waals surface area (Å²) in [4.78, 5) is 26.9. The first-order valence-corrected chi connectivity index (χ1v) is 8.66. The van der Waals surface area contributed by atoms with Crippen molar-refractivity contribution in [2.75, 3.05) is 6.54 Å². The second-order valence-electron chi connectivity index (χ2n) is 6.47. The Labute approximate surface area is 146 Å². The number of nitrogens with zero attached hydrogens (tertiary/aromatic N) is 2. The van der Waals surface area contributed by atoms with Gasteiger partial charge in [-0.3, -0.25) is 14.2 Å². The van der Waals surface area contributed by atoms with E-state index in [1.54, 1.807) is 10.8 Å². The summed E-state index contributed by atoms with van der Waals surface area (Å²) in [5.41, 5.74) is 3.43. The maximum atomic E-state index is 12.5. The molecule has 0 atom stereocenters. The first-order chi connectivity index (χ1) is 12.2. The van der Waals surface area contributed by atoms with Crippen LogP contribution in [0.3, 0.4) is 0 Å². The Bertz CT molecular complexity index is 942. The largest absolute Gasteiger partial charge is 0.338 e. The first-order valence-electron chi connectivity index (χ1n) is 8.66. The summed E-state index contributed by atoms with van der Waals surface area (Å²) in [5.74, 6) is 0.0197. The van der Waals surface area contributed by atoms with Crippen molar-refractivity contribution in [2.45, 2.75) is 25.8 Å². The van der Waals surface area contributed by atoms with Crippen LogP contribution in [0.4, 0.5) is 0 Å². The van der Waals surface area contributed by atoms with E-state index in [-0.39, 0.29) is 24.7 Å². The zero-order valence-corrected chi connectivity index (χ0v) is 14.0. The lowest BCUT2D eigenvalue weighted by atomic mass is 9.99. The zero-order chi connectivity index (χ0) is 17.2. The molecule has 126 valence electrons. The van der Waals surface area contributed by atoms with Gasteiger partial charge in [-0.2, -0.15) is 0 Å². The molecule has 0 saturated heterocycles. The Morgan fingerprint density at radius 2 is 1.56 bits per heavy atom. The average molecular weight is 332 g/mol. The molecule has 4 heteroatoms. The fraction of sp³-hybridized carbons (Fsp3) is 0.238. The Kier molecular flexibility index (Phi) is 4.10. The Balaban J connectivity index is 1.40. The highest BCUT2D eigenvalue weighted by molar-refractivity contribution is 5.94. The van der Waals surface area contributed by atoms with E-state index in [2.05, 4.69) is 12.1 Å². The number of hydrogen-bond donors (Lipinski definition) is 0. The fourth-order valence-corrected chi connectivity index (χ4v) is 3.50. The summed E-state index contributed by atoms with van der Waals surface area (Å²) in [6.45, 7) is 1.38. The maximum absolute atomic E-state index is 12.5. The van der Waals surface area contributed by atoms with Crippen LogP contribution in [-0.4, -0.2) is 27.8 Å². The number of benzene rings is 2. The van der Waals surface area contributed by atoms with Crippen LogP contribution in [-0.2, 0) is 17.8 Å². The molecule has 1 aliphatic heterocycles. The lowest BCUT2D eigenvalue weighted by molar-refractivity contribution is -0.132. The van der Waals surface area contributed by atoms with Crippen molar-refractivity contribution < 1.29 is 9.59 Å². The smallest absolute Gasteiger partial charge is 0.231 e. The van der Waals surface area contributed by atoms with Crippen LogP contribution < -0.4 is 0 Å². The molecule has 0 fully saturated rings. The van der Waals surface area contributed by atoms with Gasteiger partial charge in [-0.15, -0.1) is 0 Å². The summed E-state index contributed by atoms with van der Waals surface area (Å²) in [5, 5.41) is 1.04. The van der Waals surface area contributed by atoms with Crippen molar-refractivity contribution in [3.63, 3.8) is 0 Å². The van der Waals surface area contributed by atoms with Crippen molar-refractivity contribution in [1.29, 1.82) is 0 Å². The summed E-state index contributed by atoms with van der Waals surface area (Å²) in [6.07, 6.45) is 3.16.